The summed E-state index contributed by atoms with van der Waals surface area (Å²) in [7, 11) is 0. The fourth-order valence-corrected chi connectivity index (χ4v) is 0.234. The van der Waals surface area contributed by atoms with Crippen LogP contribution in [0.5, 0.6) is 0 Å². The first-order valence-electron chi connectivity index (χ1n) is 1.77. The van der Waals surface area contributed by atoms with Crippen LogP contribution in [0.15, 0.2) is 0 Å². The molecule has 0 amide bonds. The van der Waals surface area contributed by atoms with Gasteiger partial charge in [-0.15, -0.1) is 0 Å². The number of carboxylic acids is 1. The van der Waals surface area contributed by atoms with Gasteiger partial charge in [0.05, 0.1) is 0 Å². The minimum atomic E-state index is -1.00. The largest absolute Gasteiger partial charge is 0 e. The van der Waals surface area contributed by atoms with E-state index < -0.39 is 12.0 Å². The van der Waals surface area contributed by atoms with Crippen molar-refractivity contribution in [3.8, 4) is 0 Å². The number of carboxylic acid groups (broad SMARTS) is 1. The molecule has 0 aromatic heterocycles. The summed E-state index contributed by atoms with van der Waals surface area (Å²) >= 11 is 3.65. The molecule has 0 saturated heterocycles. The van der Waals surface area contributed by atoms with Crippen LogP contribution < -0.4 is 5.73 Å². The summed E-state index contributed by atoms with van der Waals surface area (Å²) in [5.41, 5.74) is 4.94. The second-order valence-electron chi connectivity index (χ2n) is 1.13. The Kier molecular flexibility index (Phi) is 17.5. The molecule has 0 unspecified atom stereocenters. The Balaban J connectivity index is -0.000000180. The van der Waals surface area contributed by atoms with Gasteiger partial charge in [0.15, 0.2) is 0 Å². The average molecular weight is 211 g/mol. The summed E-state index contributed by atoms with van der Waals surface area (Å²) in [6.07, 6.45) is 0. The minimum absolute atomic E-state index is 0. The Bertz CT molecular complexity index is 84.2. The summed E-state index contributed by atoms with van der Waals surface area (Å²) in [6, 6.07) is -0.816. The molecule has 6 heteroatoms. The smallest absolute Gasteiger partial charge is 0 e. The third kappa shape index (κ3) is 9.40. The van der Waals surface area contributed by atoms with E-state index in [4.69, 9.17) is 10.8 Å². The van der Waals surface area contributed by atoms with E-state index in [0.29, 0.717) is 0 Å². The first-order valence-corrected chi connectivity index (χ1v) is 2.41. The van der Waals surface area contributed by atoms with Gasteiger partial charge in [0.1, 0.15) is 6.04 Å². The second-order valence-corrected chi connectivity index (χ2v) is 1.49. The van der Waals surface area contributed by atoms with Gasteiger partial charge in [-0.3, -0.25) is 4.79 Å². The molecule has 0 aromatic rings. The molecular formula is C3H8NNaO2SZn. The van der Waals surface area contributed by atoms with E-state index in [-0.39, 0.29) is 54.8 Å². The van der Waals surface area contributed by atoms with E-state index in [1.807, 2.05) is 0 Å². The molecule has 9 heavy (non-hydrogen) atoms. The Hall–Kier alpha value is 1.40. The van der Waals surface area contributed by atoms with Crippen LogP contribution in [0.3, 0.4) is 0 Å². The quantitative estimate of drug-likeness (QED) is 0.391. The van der Waals surface area contributed by atoms with Gasteiger partial charge in [0, 0.05) is 25.2 Å². The van der Waals surface area contributed by atoms with Crippen molar-refractivity contribution in [3.05, 3.63) is 0 Å². The Morgan fingerprint density at radius 2 is 2.11 bits per heavy atom. The van der Waals surface area contributed by atoms with Crippen LogP contribution in [0, 0.1) is 0 Å². The monoisotopic (exact) mass is 209 g/mol. The first kappa shape index (κ1) is 16.8. The average Bonchev–Trinajstić information content (AvgIpc) is 1.65. The van der Waals surface area contributed by atoms with Gasteiger partial charge in [-0.1, -0.05) is 0 Å². The summed E-state index contributed by atoms with van der Waals surface area (Å²) in [5.74, 6) is -0.815. The van der Waals surface area contributed by atoms with Crippen molar-refractivity contribution in [1.29, 1.82) is 0 Å². The van der Waals surface area contributed by atoms with Crippen LogP contribution in [0.2, 0.25) is 0 Å². The van der Waals surface area contributed by atoms with Crippen molar-refractivity contribution in [3.63, 3.8) is 0 Å². The standard InChI is InChI=1S/C3H7NO2S.Na.Zn.H/c4-2(1-7)3(5)6;;;/h2,7H,1,4H2,(H,5,6);;;/t2-;;;/m0.../s1. The van der Waals surface area contributed by atoms with E-state index in [9.17, 15) is 4.79 Å². The van der Waals surface area contributed by atoms with E-state index in [1.165, 1.54) is 0 Å². The SMILES string of the molecule is N[C@@H](CS)C(=O)O.[NaH].[Zn]. The number of aliphatic carboxylic acids is 1. The number of hydrogen-bond donors (Lipinski definition) is 3. The zero-order chi connectivity index (χ0) is 5.86. The van der Waals surface area contributed by atoms with Gasteiger partial charge in [-0.05, 0) is 0 Å². The maximum absolute atomic E-state index is 9.76. The van der Waals surface area contributed by atoms with Crippen molar-refractivity contribution in [2.24, 2.45) is 5.73 Å². The molecule has 0 radical (unpaired) electrons. The minimum Gasteiger partial charge on any atom is 0 e. The third-order valence-electron chi connectivity index (χ3n) is 0.514. The van der Waals surface area contributed by atoms with E-state index >= 15 is 0 Å². The van der Waals surface area contributed by atoms with Gasteiger partial charge in [-0.2, -0.15) is 12.6 Å². The number of nitrogens with two attached hydrogens (primary N) is 1. The first-order chi connectivity index (χ1) is 3.18. The fraction of sp³-hybridized carbons (Fsp3) is 0.667. The van der Waals surface area contributed by atoms with Crippen molar-refractivity contribution in [2.45, 2.75) is 6.04 Å². The fourth-order valence-electron chi connectivity index (χ4n) is 0.0781. The Labute approximate surface area is 94.2 Å². The number of carbonyl (C=O) groups is 1. The molecule has 0 spiro atoms. The van der Waals surface area contributed by atoms with Crippen LogP contribution in [-0.2, 0) is 24.3 Å². The molecule has 0 rings (SSSR count). The van der Waals surface area contributed by atoms with Gasteiger partial charge in [-0.25, -0.2) is 0 Å². The van der Waals surface area contributed by atoms with Crippen LogP contribution in [0.25, 0.3) is 0 Å². The maximum Gasteiger partial charge on any atom is 0 e. The van der Waals surface area contributed by atoms with E-state index in [2.05, 4.69) is 12.6 Å². The number of rotatable bonds is 2. The summed E-state index contributed by atoms with van der Waals surface area (Å²) in [6.45, 7) is 0. The molecule has 0 aliphatic heterocycles. The molecular weight excluding hydrogens is 202 g/mol. The van der Waals surface area contributed by atoms with Crippen LogP contribution >= 0.6 is 12.6 Å². The number of hydrogen-bond acceptors (Lipinski definition) is 3. The molecule has 0 bridgehead atoms. The topological polar surface area (TPSA) is 63.3 Å². The Morgan fingerprint density at radius 3 is 2.11 bits per heavy atom. The zero-order valence-electron chi connectivity index (χ0n) is 4.37. The molecule has 3 nitrogen and oxygen atoms in total. The predicted octanol–water partition coefficient (Wildman–Crippen LogP) is -1.32. The molecule has 3 N–H and O–H groups in total. The molecule has 0 aliphatic rings. The van der Waals surface area contributed by atoms with Crippen molar-refractivity contribution in [2.75, 3.05) is 5.75 Å². The summed E-state index contributed by atoms with van der Waals surface area (Å²) in [5, 5.41) is 8.01. The van der Waals surface area contributed by atoms with Crippen molar-refractivity contribution >= 4 is 48.2 Å². The van der Waals surface area contributed by atoms with E-state index in [1.54, 1.807) is 0 Å². The summed E-state index contributed by atoms with van der Waals surface area (Å²) < 4.78 is 0. The van der Waals surface area contributed by atoms with Crippen LogP contribution in [-0.4, -0.2) is 52.4 Å². The molecule has 0 aromatic carbocycles. The molecule has 0 heterocycles. The van der Waals surface area contributed by atoms with Gasteiger partial charge in [0.25, 0.3) is 0 Å². The third-order valence-corrected chi connectivity index (χ3v) is 0.907. The maximum atomic E-state index is 9.76. The van der Waals surface area contributed by atoms with E-state index in [0.717, 1.165) is 0 Å². The van der Waals surface area contributed by atoms with Crippen molar-refractivity contribution < 1.29 is 29.4 Å². The van der Waals surface area contributed by atoms with Crippen LogP contribution in [0.4, 0.5) is 0 Å². The predicted molar refractivity (Wildman–Crippen MR) is 36.6 cm³/mol. The number of thiol groups is 1. The normalized spacial score (nSPS) is 10.4. The molecule has 0 fully saturated rings. The Morgan fingerprint density at radius 1 is 1.78 bits per heavy atom. The molecule has 46 valence electrons. The van der Waals surface area contributed by atoms with Gasteiger partial charge >= 0.3 is 35.5 Å². The molecule has 1 atom stereocenters. The van der Waals surface area contributed by atoms with Crippen molar-refractivity contribution in [1.82, 2.24) is 0 Å². The van der Waals surface area contributed by atoms with Gasteiger partial charge < -0.3 is 10.8 Å². The molecule has 0 aliphatic carbocycles. The molecule has 0 saturated carbocycles. The summed E-state index contributed by atoms with van der Waals surface area (Å²) in [4.78, 5) is 9.76. The van der Waals surface area contributed by atoms with Crippen LogP contribution in [0.1, 0.15) is 0 Å². The van der Waals surface area contributed by atoms with Gasteiger partial charge in [0.2, 0.25) is 0 Å². The zero-order valence-corrected chi connectivity index (χ0v) is 8.23. The second kappa shape index (κ2) is 9.40.